The summed E-state index contributed by atoms with van der Waals surface area (Å²) in [4.78, 5) is 0. The summed E-state index contributed by atoms with van der Waals surface area (Å²) >= 11 is 0. The molecule has 0 radical (unpaired) electrons. The van der Waals surface area contributed by atoms with Crippen LogP contribution in [0.1, 0.15) is 5.56 Å². The third-order valence-corrected chi connectivity index (χ3v) is 1.88. The van der Waals surface area contributed by atoms with Crippen LogP contribution in [0, 0.1) is 6.92 Å². The first-order valence-corrected chi connectivity index (χ1v) is 5.83. The zero-order chi connectivity index (χ0) is 13.6. The Balaban J connectivity index is -0.000000266. The zero-order valence-electron chi connectivity index (χ0n) is 12.1. The number of rotatable bonds is 7. The zero-order valence-corrected chi connectivity index (χ0v) is 12.1. The Bertz CT molecular complexity index is 254. The lowest BCUT2D eigenvalue weighted by Crippen LogP contribution is -2.09. The number of hydrogen-bond donors (Lipinski definition) is 5. The van der Waals surface area contributed by atoms with Gasteiger partial charge in [-0.25, -0.2) is 0 Å². The molecule has 20 heavy (non-hydrogen) atoms. The van der Waals surface area contributed by atoms with Crippen LogP contribution in [-0.4, -0.2) is 55.0 Å². The van der Waals surface area contributed by atoms with Crippen molar-refractivity contribution < 1.29 is 24.8 Å². The molecular formula is C13H28N2O5. The molecule has 7 nitrogen and oxygen atoms in total. The molecule has 0 heterocycles. The second-order valence-corrected chi connectivity index (χ2v) is 3.51. The highest BCUT2D eigenvalue weighted by Gasteiger charge is 1.86. The van der Waals surface area contributed by atoms with E-state index in [1.807, 2.05) is 19.1 Å². The van der Waals surface area contributed by atoms with Crippen molar-refractivity contribution in [1.82, 2.24) is 12.3 Å². The summed E-state index contributed by atoms with van der Waals surface area (Å²) in [6, 6.07) is 7.09. The van der Waals surface area contributed by atoms with Crippen LogP contribution < -0.4 is 12.3 Å². The van der Waals surface area contributed by atoms with E-state index in [1.54, 1.807) is 12.1 Å². The van der Waals surface area contributed by atoms with E-state index < -0.39 is 0 Å². The van der Waals surface area contributed by atoms with Gasteiger partial charge in [0.2, 0.25) is 0 Å². The van der Waals surface area contributed by atoms with Crippen molar-refractivity contribution in [2.45, 2.75) is 6.92 Å². The van der Waals surface area contributed by atoms with Crippen molar-refractivity contribution in [3.63, 3.8) is 0 Å². The van der Waals surface area contributed by atoms with E-state index in [0.29, 0.717) is 32.2 Å². The summed E-state index contributed by atoms with van der Waals surface area (Å²) in [7, 11) is 0. The molecule has 0 aromatic heterocycles. The minimum Gasteiger partial charge on any atom is -0.508 e. The van der Waals surface area contributed by atoms with Crippen LogP contribution in [0.25, 0.3) is 0 Å². The first-order valence-electron chi connectivity index (χ1n) is 5.83. The van der Waals surface area contributed by atoms with Crippen LogP contribution in [0.2, 0.25) is 0 Å². The van der Waals surface area contributed by atoms with Gasteiger partial charge in [-0.1, -0.05) is 17.7 Å². The molecule has 1 rings (SSSR count). The van der Waals surface area contributed by atoms with E-state index in [4.69, 9.17) is 24.8 Å². The van der Waals surface area contributed by atoms with Gasteiger partial charge in [-0.3, -0.25) is 0 Å². The molecule has 0 atom stereocenters. The lowest BCUT2D eigenvalue weighted by atomic mass is 10.2. The summed E-state index contributed by atoms with van der Waals surface area (Å²) in [5.74, 6) is 0.329. The summed E-state index contributed by atoms with van der Waals surface area (Å²) in [5.41, 5.74) is 1.17. The molecule has 1 aromatic carbocycles. The second kappa shape index (κ2) is 17.8. The third-order valence-electron chi connectivity index (χ3n) is 1.88. The van der Waals surface area contributed by atoms with Crippen LogP contribution in [0.15, 0.2) is 24.3 Å². The molecule has 9 N–H and O–H groups in total. The van der Waals surface area contributed by atoms with E-state index in [0.717, 1.165) is 0 Å². The summed E-state index contributed by atoms with van der Waals surface area (Å²) in [6.45, 7) is 3.71. The predicted molar refractivity (Wildman–Crippen MR) is 78.7 cm³/mol. The van der Waals surface area contributed by atoms with Crippen LogP contribution in [0.4, 0.5) is 0 Å². The second-order valence-electron chi connectivity index (χ2n) is 3.51. The van der Waals surface area contributed by atoms with Crippen molar-refractivity contribution in [3.8, 4) is 5.75 Å². The van der Waals surface area contributed by atoms with E-state index in [9.17, 15) is 0 Å². The van der Waals surface area contributed by atoms with E-state index in [1.165, 1.54) is 5.56 Å². The topological polar surface area (TPSA) is 149 Å². The molecule has 0 amide bonds. The van der Waals surface area contributed by atoms with Crippen LogP contribution in [-0.2, 0) is 9.47 Å². The highest BCUT2D eigenvalue weighted by molar-refractivity contribution is 5.24. The Morgan fingerprint density at radius 1 is 0.800 bits per heavy atom. The van der Waals surface area contributed by atoms with Gasteiger partial charge in [-0.15, -0.1) is 0 Å². The van der Waals surface area contributed by atoms with Crippen LogP contribution in [0.5, 0.6) is 5.75 Å². The summed E-state index contributed by atoms with van der Waals surface area (Å²) in [5, 5.41) is 25.3. The minimum absolute atomic E-state index is 0. The number of aliphatic hydroxyl groups excluding tert-OH is 2. The van der Waals surface area contributed by atoms with Gasteiger partial charge in [0, 0.05) is 0 Å². The van der Waals surface area contributed by atoms with E-state index in [2.05, 4.69) is 0 Å². The van der Waals surface area contributed by atoms with Gasteiger partial charge in [-0.2, -0.15) is 0 Å². The maximum atomic E-state index is 8.76. The Morgan fingerprint density at radius 3 is 1.50 bits per heavy atom. The minimum atomic E-state index is 0. The Labute approximate surface area is 120 Å². The van der Waals surface area contributed by atoms with Crippen LogP contribution in [0.3, 0.4) is 0 Å². The molecule has 0 aliphatic carbocycles. The predicted octanol–water partition coefficient (Wildman–Crippen LogP) is 1.03. The fourth-order valence-corrected chi connectivity index (χ4v) is 0.996. The van der Waals surface area contributed by atoms with Gasteiger partial charge < -0.3 is 37.1 Å². The number of aliphatic hydroxyl groups is 2. The maximum Gasteiger partial charge on any atom is 0.115 e. The third kappa shape index (κ3) is 16.8. The number of hydrogen-bond acceptors (Lipinski definition) is 7. The van der Waals surface area contributed by atoms with Gasteiger partial charge in [-0.05, 0) is 19.1 Å². The lowest BCUT2D eigenvalue weighted by Gasteiger charge is -2.01. The molecule has 0 bridgehead atoms. The molecule has 0 saturated carbocycles. The smallest absolute Gasteiger partial charge is 0.115 e. The Hall–Kier alpha value is -1.22. The summed E-state index contributed by atoms with van der Waals surface area (Å²) < 4.78 is 9.75. The van der Waals surface area contributed by atoms with Crippen molar-refractivity contribution in [1.29, 1.82) is 0 Å². The SMILES string of the molecule is Cc1ccc(O)cc1.N.N.OCCOCCOCCO. The van der Waals surface area contributed by atoms with Gasteiger partial charge in [0.05, 0.1) is 39.6 Å². The number of benzene rings is 1. The Kier molecular flexibility index (Phi) is 21.2. The fraction of sp³-hybridized carbons (Fsp3) is 0.538. The standard InChI is InChI=1S/C7H8O.C6H14O4.2H3N/c1-6-2-4-7(8)5-3-6;7-1-3-9-5-6-10-4-2-8;;/h2-5,8H,1H3;7-8H,1-6H2;2*1H3. The number of phenolic OH excluding ortho intramolecular Hbond substituents is 1. The van der Waals surface area contributed by atoms with Gasteiger partial charge in [0.1, 0.15) is 5.75 Å². The molecular weight excluding hydrogens is 264 g/mol. The average Bonchev–Trinajstić information content (AvgIpc) is 2.38. The molecule has 0 fully saturated rings. The van der Waals surface area contributed by atoms with Crippen molar-refractivity contribution in [3.05, 3.63) is 29.8 Å². The van der Waals surface area contributed by atoms with Gasteiger partial charge >= 0.3 is 0 Å². The number of ether oxygens (including phenoxy) is 2. The molecule has 0 saturated heterocycles. The highest BCUT2D eigenvalue weighted by Crippen LogP contribution is 2.07. The molecule has 1 aromatic rings. The molecule has 7 heteroatoms. The average molecular weight is 292 g/mol. The first-order chi connectivity index (χ1) is 8.70. The fourth-order valence-electron chi connectivity index (χ4n) is 0.996. The first kappa shape index (κ1) is 23.8. The molecule has 0 unspecified atom stereocenters. The quantitative estimate of drug-likeness (QED) is 0.471. The van der Waals surface area contributed by atoms with Crippen molar-refractivity contribution >= 4 is 0 Å². The van der Waals surface area contributed by atoms with Crippen molar-refractivity contribution in [2.75, 3.05) is 39.6 Å². The van der Waals surface area contributed by atoms with E-state index in [-0.39, 0.29) is 25.5 Å². The lowest BCUT2D eigenvalue weighted by molar-refractivity contribution is 0.0222. The number of phenols is 1. The number of aromatic hydroxyl groups is 1. The van der Waals surface area contributed by atoms with Crippen LogP contribution >= 0.6 is 0 Å². The normalized spacial score (nSPS) is 8.75. The number of aryl methyl sites for hydroxylation is 1. The summed E-state index contributed by atoms with van der Waals surface area (Å²) in [6.07, 6.45) is 0. The van der Waals surface area contributed by atoms with Gasteiger partial charge in [0.25, 0.3) is 0 Å². The molecule has 0 aliphatic rings. The molecule has 120 valence electrons. The van der Waals surface area contributed by atoms with Crippen molar-refractivity contribution in [2.24, 2.45) is 0 Å². The largest absolute Gasteiger partial charge is 0.508 e. The monoisotopic (exact) mass is 292 g/mol. The Morgan fingerprint density at radius 2 is 1.20 bits per heavy atom. The molecule has 0 spiro atoms. The maximum absolute atomic E-state index is 8.76. The van der Waals surface area contributed by atoms with Gasteiger partial charge in [0.15, 0.2) is 0 Å². The molecule has 0 aliphatic heterocycles. The van der Waals surface area contributed by atoms with E-state index >= 15 is 0 Å². The highest BCUT2D eigenvalue weighted by atomic mass is 16.5.